The number of aliphatic hydroxyl groups is 1. The Labute approximate surface area is 77.4 Å². The molecule has 0 radical (unpaired) electrons. The number of hydrogen-bond acceptors (Lipinski definition) is 4. The van der Waals surface area contributed by atoms with Gasteiger partial charge >= 0.3 is 0 Å². The molecule has 1 unspecified atom stereocenters. The Bertz CT molecular complexity index is 227. The van der Waals surface area contributed by atoms with Crippen molar-refractivity contribution in [1.82, 2.24) is 10.3 Å². The van der Waals surface area contributed by atoms with E-state index in [9.17, 15) is 4.79 Å². The van der Waals surface area contributed by atoms with E-state index in [1.54, 1.807) is 0 Å². The topological polar surface area (TPSA) is 64.9 Å². The molecule has 13 heavy (non-hydrogen) atoms. The van der Waals surface area contributed by atoms with Crippen LogP contribution >= 0.6 is 0 Å². The summed E-state index contributed by atoms with van der Waals surface area (Å²) < 4.78 is 0. The molecular formula is C8H15N3O2. The molecule has 1 atom stereocenters. The lowest BCUT2D eigenvalue weighted by Crippen LogP contribution is -2.24. The van der Waals surface area contributed by atoms with Crippen molar-refractivity contribution >= 4 is 11.6 Å². The fourth-order valence-electron chi connectivity index (χ4n) is 1.38. The highest BCUT2D eigenvalue weighted by Gasteiger charge is 2.22. The number of hydrazone groups is 1. The molecule has 0 spiro atoms. The summed E-state index contributed by atoms with van der Waals surface area (Å²) in [6.07, 6.45) is 0. The number of likely N-dealkylation sites (tertiary alicyclic amines) is 1. The first-order valence-electron chi connectivity index (χ1n) is 4.28. The summed E-state index contributed by atoms with van der Waals surface area (Å²) in [5, 5.41) is 12.4. The quantitative estimate of drug-likeness (QED) is 0.544. The third-order valence-corrected chi connectivity index (χ3v) is 2.05. The fraction of sp³-hybridized carbons (Fsp3) is 0.750. The molecule has 1 aliphatic heterocycles. The normalized spacial score (nSPS) is 26.7. The number of aliphatic hydroxyl groups excluding tert-OH is 1. The van der Waals surface area contributed by atoms with E-state index in [0.29, 0.717) is 5.92 Å². The third-order valence-electron chi connectivity index (χ3n) is 2.05. The van der Waals surface area contributed by atoms with Crippen LogP contribution < -0.4 is 5.43 Å². The van der Waals surface area contributed by atoms with Crippen LogP contribution in [-0.2, 0) is 4.79 Å². The van der Waals surface area contributed by atoms with Crippen LogP contribution in [0.5, 0.6) is 0 Å². The highest BCUT2D eigenvalue weighted by molar-refractivity contribution is 5.91. The van der Waals surface area contributed by atoms with Gasteiger partial charge in [-0.2, -0.15) is 5.10 Å². The minimum absolute atomic E-state index is 0.379. The van der Waals surface area contributed by atoms with E-state index in [0.717, 1.165) is 18.8 Å². The molecule has 0 aromatic rings. The zero-order chi connectivity index (χ0) is 9.84. The summed E-state index contributed by atoms with van der Waals surface area (Å²) in [4.78, 5) is 12.8. The highest BCUT2D eigenvalue weighted by atomic mass is 16.3. The van der Waals surface area contributed by atoms with Gasteiger partial charge in [0.15, 0.2) is 0 Å². The second-order valence-corrected chi connectivity index (χ2v) is 3.39. The van der Waals surface area contributed by atoms with Crippen LogP contribution in [0.25, 0.3) is 0 Å². The lowest BCUT2D eigenvalue weighted by molar-refractivity contribution is -0.123. The van der Waals surface area contributed by atoms with Gasteiger partial charge in [0.05, 0.1) is 5.71 Å². The molecule has 1 heterocycles. The SMILES string of the molecule is CC1CN(C)C/C1=N\NC(=O)CO. The van der Waals surface area contributed by atoms with Gasteiger partial charge in [-0.15, -0.1) is 0 Å². The number of rotatable bonds is 2. The van der Waals surface area contributed by atoms with Crippen LogP contribution in [0.1, 0.15) is 6.92 Å². The average molecular weight is 185 g/mol. The van der Waals surface area contributed by atoms with E-state index >= 15 is 0 Å². The lowest BCUT2D eigenvalue weighted by atomic mass is 10.1. The van der Waals surface area contributed by atoms with Crippen LogP contribution in [0.4, 0.5) is 0 Å². The second kappa shape index (κ2) is 4.34. The molecule has 5 nitrogen and oxygen atoms in total. The van der Waals surface area contributed by atoms with E-state index in [4.69, 9.17) is 5.11 Å². The number of nitrogens with zero attached hydrogens (tertiary/aromatic N) is 2. The van der Waals surface area contributed by atoms with Crippen molar-refractivity contribution in [3.63, 3.8) is 0 Å². The van der Waals surface area contributed by atoms with Gasteiger partial charge in [0, 0.05) is 19.0 Å². The van der Waals surface area contributed by atoms with Gasteiger partial charge in [-0.25, -0.2) is 5.43 Å². The van der Waals surface area contributed by atoms with Crippen LogP contribution in [0.3, 0.4) is 0 Å². The molecule has 1 saturated heterocycles. The average Bonchev–Trinajstić information content (AvgIpc) is 2.41. The standard InChI is InChI=1S/C8H15N3O2/c1-6-3-11(2)4-7(6)9-10-8(13)5-12/h6,12H,3-5H2,1-2H3,(H,10,13)/b9-7+. The number of hydrogen-bond donors (Lipinski definition) is 2. The van der Waals surface area contributed by atoms with Crippen molar-refractivity contribution in [3.8, 4) is 0 Å². The van der Waals surface area contributed by atoms with E-state index < -0.39 is 12.5 Å². The van der Waals surface area contributed by atoms with Crippen molar-refractivity contribution in [2.75, 3.05) is 26.7 Å². The summed E-state index contributed by atoms with van der Waals surface area (Å²) in [5.41, 5.74) is 3.26. The molecule has 1 aliphatic rings. The van der Waals surface area contributed by atoms with Gasteiger partial charge in [-0.05, 0) is 7.05 Å². The molecule has 0 bridgehead atoms. The molecular weight excluding hydrogens is 170 g/mol. The molecule has 2 N–H and O–H groups in total. The minimum atomic E-state index is -0.513. The van der Waals surface area contributed by atoms with E-state index in [-0.39, 0.29) is 0 Å². The molecule has 1 rings (SSSR count). The molecule has 1 fully saturated rings. The van der Waals surface area contributed by atoms with Gasteiger partial charge in [0.25, 0.3) is 5.91 Å². The Balaban J connectivity index is 2.47. The zero-order valence-corrected chi connectivity index (χ0v) is 7.95. The predicted octanol–water partition coefficient (Wildman–Crippen LogP) is -0.968. The highest BCUT2D eigenvalue weighted by Crippen LogP contribution is 2.10. The number of carbonyl (C=O) groups excluding carboxylic acids is 1. The Kier molecular flexibility index (Phi) is 3.39. The number of nitrogens with one attached hydrogen (secondary N) is 1. The maximum absolute atomic E-state index is 10.7. The Morgan fingerprint density at radius 3 is 3.00 bits per heavy atom. The van der Waals surface area contributed by atoms with E-state index in [1.807, 2.05) is 7.05 Å². The smallest absolute Gasteiger partial charge is 0.265 e. The van der Waals surface area contributed by atoms with Gasteiger partial charge < -0.3 is 10.0 Å². The van der Waals surface area contributed by atoms with Crippen molar-refractivity contribution in [2.24, 2.45) is 11.0 Å². The lowest BCUT2D eigenvalue weighted by Gasteiger charge is -2.02. The number of carbonyl (C=O) groups is 1. The maximum atomic E-state index is 10.7. The van der Waals surface area contributed by atoms with E-state index in [2.05, 4.69) is 22.4 Å². The van der Waals surface area contributed by atoms with E-state index in [1.165, 1.54) is 0 Å². The van der Waals surface area contributed by atoms with Crippen molar-refractivity contribution < 1.29 is 9.90 Å². The first kappa shape index (κ1) is 10.1. The van der Waals surface area contributed by atoms with Gasteiger partial charge in [-0.1, -0.05) is 6.92 Å². The van der Waals surface area contributed by atoms with Crippen LogP contribution in [0, 0.1) is 5.92 Å². The Morgan fingerprint density at radius 2 is 2.54 bits per heavy atom. The molecule has 74 valence electrons. The van der Waals surface area contributed by atoms with Crippen molar-refractivity contribution in [1.29, 1.82) is 0 Å². The van der Waals surface area contributed by atoms with Gasteiger partial charge in [0.2, 0.25) is 0 Å². The molecule has 5 heteroatoms. The molecule has 0 aromatic heterocycles. The van der Waals surface area contributed by atoms with Gasteiger partial charge in [0.1, 0.15) is 6.61 Å². The zero-order valence-electron chi connectivity index (χ0n) is 7.95. The second-order valence-electron chi connectivity index (χ2n) is 3.39. The first-order chi connectivity index (χ1) is 6.13. The number of amides is 1. The molecule has 1 amide bonds. The monoisotopic (exact) mass is 185 g/mol. The summed E-state index contributed by atoms with van der Waals surface area (Å²) in [7, 11) is 2.01. The van der Waals surface area contributed by atoms with Crippen LogP contribution in [-0.4, -0.2) is 48.4 Å². The Hall–Kier alpha value is -0.940. The molecule has 0 aromatic carbocycles. The van der Waals surface area contributed by atoms with Crippen molar-refractivity contribution in [2.45, 2.75) is 6.92 Å². The third kappa shape index (κ3) is 2.78. The molecule has 0 aliphatic carbocycles. The van der Waals surface area contributed by atoms with Gasteiger partial charge in [-0.3, -0.25) is 4.79 Å². The van der Waals surface area contributed by atoms with Crippen molar-refractivity contribution in [3.05, 3.63) is 0 Å². The maximum Gasteiger partial charge on any atom is 0.265 e. The summed E-state index contributed by atoms with van der Waals surface area (Å²) in [6.45, 7) is 3.30. The summed E-state index contributed by atoms with van der Waals surface area (Å²) in [6, 6.07) is 0. The summed E-state index contributed by atoms with van der Waals surface area (Å²) >= 11 is 0. The first-order valence-corrected chi connectivity index (χ1v) is 4.28. The minimum Gasteiger partial charge on any atom is -0.386 e. The fourth-order valence-corrected chi connectivity index (χ4v) is 1.38. The van der Waals surface area contributed by atoms with Crippen LogP contribution in [0.15, 0.2) is 5.10 Å². The molecule has 0 saturated carbocycles. The van der Waals surface area contributed by atoms with Crippen LogP contribution in [0.2, 0.25) is 0 Å². The Morgan fingerprint density at radius 1 is 1.85 bits per heavy atom. The largest absolute Gasteiger partial charge is 0.386 e. The summed E-state index contributed by atoms with van der Waals surface area (Å²) in [5.74, 6) is -0.0850. The predicted molar refractivity (Wildman–Crippen MR) is 49.3 cm³/mol.